The van der Waals surface area contributed by atoms with E-state index >= 15 is 0 Å². The van der Waals surface area contributed by atoms with Gasteiger partial charge in [0.25, 0.3) is 0 Å². The van der Waals surface area contributed by atoms with E-state index in [0.29, 0.717) is 0 Å². The van der Waals surface area contributed by atoms with Gasteiger partial charge >= 0.3 is 0 Å². The van der Waals surface area contributed by atoms with Crippen LogP contribution in [0.3, 0.4) is 0 Å². The van der Waals surface area contributed by atoms with Crippen LogP contribution in [0.5, 0.6) is 0 Å². The molecule has 0 aromatic rings. The van der Waals surface area contributed by atoms with Crippen LogP contribution in [0.15, 0.2) is 0 Å². The number of nitrogens with one attached hydrogen (secondary N) is 1. The van der Waals surface area contributed by atoms with Gasteiger partial charge in [0, 0.05) is 0 Å². The quantitative estimate of drug-likeness (QED) is 0.661. The van der Waals surface area contributed by atoms with E-state index in [1.807, 2.05) is 0 Å². The third-order valence-corrected chi connectivity index (χ3v) is 6.39. The summed E-state index contributed by atoms with van der Waals surface area (Å²) in [5.74, 6) is 5.41. The van der Waals surface area contributed by atoms with Gasteiger partial charge in [0.2, 0.25) is 0 Å². The van der Waals surface area contributed by atoms with Crippen LogP contribution >= 0.6 is 0 Å². The van der Waals surface area contributed by atoms with Crippen LogP contribution in [-0.4, -0.2) is 13.1 Å². The molecule has 0 aliphatic heterocycles. The Hall–Kier alpha value is -0.0400. The molecular weight excluding hydrogens is 230 g/mol. The second-order valence-corrected chi connectivity index (χ2v) is 7.68. The molecule has 1 nitrogen and oxygen atoms in total. The SMILES string of the molecule is CCCNCC(CC1CC2CCC1C2)C1CCCC1. The van der Waals surface area contributed by atoms with Crippen molar-refractivity contribution in [3.63, 3.8) is 0 Å². The largest absolute Gasteiger partial charge is 0.316 e. The van der Waals surface area contributed by atoms with Crippen molar-refractivity contribution in [3.8, 4) is 0 Å². The topological polar surface area (TPSA) is 12.0 Å². The van der Waals surface area contributed by atoms with Crippen molar-refractivity contribution in [2.45, 2.75) is 71.1 Å². The fourth-order valence-corrected chi connectivity index (χ4v) is 5.39. The minimum Gasteiger partial charge on any atom is -0.316 e. The maximum atomic E-state index is 3.73. The molecule has 0 aromatic carbocycles. The molecule has 19 heavy (non-hydrogen) atoms. The Morgan fingerprint density at radius 1 is 1.05 bits per heavy atom. The fourth-order valence-electron chi connectivity index (χ4n) is 5.39. The van der Waals surface area contributed by atoms with Crippen LogP contribution < -0.4 is 5.32 Å². The number of hydrogen-bond donors (Lipinski definition) is 1. The highest BCUT2D eigenvalue weighted by Crippen LogP contribution is 2.51. The van der Waals surface area contributed by atoms with Crippen molar-refractivity contribution in [2.75, 3.05) is 13.1 Å². The third-order valence-electron chi connectivity index (χ3n) is 6.39. The summed E-state index contributed by atoms with van der Waals surface area (Å²) < 4.78 is 0. The molecular formula is C18H33N. The van der Waals surface area contributed by atoms with Crippen molar-refractivity contribution in [1.29, 1.82) is 0 Å². The minimum atomic E-state index is 0.999. The van der Waals surface area contributed by atoms with Crippen LogP contribution in [0.2, 0.25) is 0 Å². The Kier molecular flexibility index (Phi) is 4.84. The van der Waals surface area contributed by atoms with Gasteiger partial charge in [-0.15, -0.1) is 0 Å². The lowest BCUT2D eigenvalue weighted by molar-refractivity contribution is 0.213. The monoisotopic (exact) mass is 263 g/mol. The summed E-state index contributed by atoms with van der Waals surface area (Å²) in [6, 6.07) is 0. The average Bonchev–Trinajstić information content (AvgIpc) is 3.15. The molecule has 0 amide bonds. The predicted octanol–water partition coefficient (Wildman–Crippen LogP) is 4.62. The first kappa shape index (κ1) is 13.9. The van der Waals surface area contributed by atoms with E-state index in [4.69, 9.17) is 0 Å². The summed E-state index contributed by atoms with van der Waals surface area (Å²) in [5, 5.41) is 3.73. The summed E-state index contributed by atoms with van der Waals surface area (Å²) in [5.41, 5.74) is 0. The zero-order valence-electron chi connectivity index (χ0n) is 12.9. The highest BCUT2D eigenvalue weighted by molar-refractivity contribution is 4.92. The third kappa shape index (κ3) is 3.35. The van der Waals surface area contributed by atoms with Crippen LogP contribution in [0.1, 0.15) is 71.1 Å². The molecule has 3 aliphatic rings. The first-order valence-corrected chi connectivity index (χ1v) is 9.07. The highest BCUT2D eigenvalue weighted by atomic mass is 14.9. The van der Waals surface area contributed by atoms with Gasteiger partial charge in [-0.05, 0) is 74.8 Å². The molecule has 4 unspecified atom stereocenters. The molecule has 1 heteroatoms. The van der Waals surface area contributed by atoms with Gasteiger partial charge in [0.05, 0.1) is 0 Å². The molecule has 2 bridgehead atoms. The smallest absolute Gasteiger partial charge is 0.00178 e. The zero-order valence-corrected chi connectivity index (χ0v) is 12.9. The van der Waals surface area contributed by atoms with Crippen molar-refractivity contribution in [3.05, 3.63) is 0 Å². The minimum absolute atomic E-state index is 0.999. The van der Waals surface area contributed by atoms with Gasteiger partial charge < -0.3 is 5.32 Å². The van der Waals surface area contributed by atoms with Gasteiger partial charge in [-0.2, -0.15) is 0 Å². The van der Waals surface area contributed by atoms with Gasteiger partial charge in [-0.1, -0.05) is 39.0 Å². The fraction of sp³-hybridized carbons (Fsp3) is 1.00. The first-order valence-electron chi connectivity index (χ1n) is 9.07. The molecule has 3 saturated carbocycles. The van der Waals surface area contributed by atoms with E-state index in [-0.39, 0.29) is 0 Å². The van der Waals surface area contributed by atoms with Crippen LogP contribution in [0, 0.1) is 29.6 Å². The van der Waals surface area contributed by atoms with Crippen molar-refractivity contribution in [1.82, 2.24) is 5.32 Å². The summed E-state index contributed by atoms with van der Waals surface area (Å²) in [6.07, 6.45) is 15.2. The van der Waals surface area contributed by atoms with E-state index < -0.39 is 0 Å². The summed E-state index contributed by atoms with van der Waals surface area (Å²) in [4.78, 5) is 0. The summed E-state index contributed by atoms with van der Waals surface area (Å²) >= 11 is 0. The second kappa shape index (κ2) is 6.61. The molecule has 0 heterocycles. The maximum Gasteiger partial charge on any atom is -0.00178 e. The van der Waals surface area contributed by atoms with Crippen molar-refractivity contribution in [2.24, 2.45) is 29.6 Å². The average molecular weight is 263 g/mol. The van der Waals surface area contributed by atoms with Crippen molar-refractivity contribution >= 4 is 0 Å². The van der Waals surface area contributed by atoms with Gasteiger partial charge in [0.1, 0.15) is 0 Å². The molecule has 0 radical (unpaired) electrons. The van der Waals surface area contributed by atoms with Gasteiger partial charge in [-0.3, -0.25) is 0 Å². The van der Waals surface area contributed by atoms with E-state index in [1.54, 1.807) is 32.1 Å². The maximum absolute atomic E-state index is 3.73. The van der Waals surface area contributed by atoms with E-state index in [0.717, 1.165) is 29.6 Å². The zero-order chi connectivity index (χ0) is 13.1. The molecule has 110 valence electrons. The molecule has 0 saturated heterocycles. The predicted molar refractivity (Wildman–Crippen MR) is 82.2 cm³/mol. The van der Waals surface area contributed by atoms with E-state index in [9.17, 15) is 0 Å². The lowest BCUT2D eigenvalue weighted by Gasteiger charge is -2.30. The van der Waals surface area contributed by atoms with Crippen LogP contribution in [-0.2, 0) is 0 Å². The molecule has 3 fully saturated rings. The molecule has 1 N–H and O–H groups in total. The molecule has 3 aliphatic carbocycles. The Bertz CT molecular complexity index is 269. The van der Waals surface area contributed by atoms with Gasteiger partial charge in [0.15, 0.2) is 0 Å². The van der Waals surface area contributed by atoms with Gasteiger partial charge in [-0.25, -0.2) is 0 Å². The second-order valence-electron chi connectivity index (χ2n) is 7.68. The molecule has 4 atom stereocenters. The standard InChI is InChI=1S/C18H33N/c1-2-9-19-13-18(15-5-3-4-6-15)12-17-11-14-7-8-16(17)10-14/h14-19H,2-13H2,1H3. The highest BCUT2D eigenvalue weighted by Gasteiger charge is 2.41. The number of hydrogen-bond acceptors (Lipinski definition) is 1. The lowest BCUT2D eigenvalue weighted by atomic mass is 9.77. The molecule has 0 aromatic heterocycles. The Morgan fingerprint density at radius 3 is 2.53 bits per heavy atom. The van der Waals surface area contributed by atoms with Crippen molar-refractivity contribution < 1.29 is 0 Å². The van der Waals surface area contributed by atoms with Crippen LogP contribution in [0.4, 0.5) is 0 Å². The first-order chi connectivity index (χ1) is 9.36. The Labute approximate surface area is 119 Å². The normalized spacial score (nSPS) is 36.2. The Morgan fingerprint density at radius 2 is 1.89 bits per heavy atom. The summed E-state index contributed by atoms with van der Waals surface area (Å²) in [7, 11) is 0. The number of rotatable bonds is 7. The number of fused-ring (bicyclic) bond motifs is 2. The molecule has 0 spiro atoms. The Balaban J connectivity index is 1.52. The van der Waals surface area contributed by atoms with Crippen LogP contribution in [0.25, 0.3) is 0 Å². The van der Waals surface area contributed by atoms with E-state index in [2.05, 4.69) is 12.2 Å². The summed E-state index contributed by atoms with van der Waals surface area (Å²) in [6.45, 7) is 4.82. The molecule has 3 rings (SSSR count). The lowest BCUT2D eigenvalue weighted by Crippen LogP contribution is -2.30. The van der Waals surface area contributed by atoms with E-state index in [1.165, 1.54) is 45.2 Å².